The topological polar surface area (TPSA) is 91.9 Å². The van der Waals surface area contributed by atoms with E-state index in [0.717, 1.165) is 31.4 Å². The molecule has 9 heteroatoms. The quantitative estimate of drug-likeness (QED) is 0.233. The van der Waals surface area contributed by atoms with Crippen LogP contribution in [0.15, 0.2) is 66.7 Å². The number of amides is 3. The first kappa shape index (κ1) is 29.4. The fourth-order valence-corrected chi connectivity index (χ4v) is 5.86. The average molecular weight is 575 g/mol. The summed E-state index contributed by atoms with van der Waals surface area (Å²) in [6.07, 6.45) is 7.23. The maximum Gasteiger partial charge on any atom is 0.319 e. The first-order chi connectivity index (χ1) is 20.3. The second-order valence-corrected chi connectivity index (χ2v) is 11.1. The number of urea groups is 1. The molecule has 2 bridgehead atoms. The molecule has 222 valence electrons. The Morgan fingerprint density at radius 3 is 2.31 bits per heavy atom. The van der Waals surface area contributed by atoms with Crippen molar-refractivity contribution >= 4 is 23.3 Å². The van der Waals surface area contributed by atoms with Crippen molar-refractivity contribution in [2.24, 2.45) is 0 Å². The SMILES string of the molecule is CCC(CC)NC(=O)Nc1ccc(Oc2ccc(NC(=O)c3ccc(OC45CCCC(CC4)N5C)cc3)cc2)cc1F. The Balaban J connectivity index is 1.13. The Morgan fingerprint density at radius 2 is 1.62 bits per heavy atom. The van der Waals surface area contributed by atoms with Crippen molar-refractivity contribution in [1.29, 1.82) is 0 Å². The molecule has 2 heterocycles. The van der Waals surface area contributed by atoms with Crippen molar-refractivity contribution in [2.75, 3.05) is 17.7 Å². The number of hydrogen-bond donors (Lipinski definition) is 3. The molecule has 3 aromatic rings. The molecular weight excluding hydrogens is 535 g/mol. The minimum Gasteiger partial charge on any atom is -0.473 e. The van der Waals surface area contributed by atoms with E-state index < -0.39 is 11.8 Å². The summed E-state index contributed by atoms with van der Waals surface area (Å²) in [6.45, 7) is 3.96. The van der Waals surface area contributed by atoms with E-state index in [-0.39, 0.29) is 29.1 Å². The molecule has 0 aromatic heterocycles. The van der Waals surface area contributed by atoms with Gasteiger partial charge in [-0.15, -0.1) is 0 Å². The van der Waals surface area contributed by atoms with E-state index in [0.29, 0.717) is 23.0 Å². The van der Waals surface area contributed by atoms with Crippen LogP contribution in [0.4, 0.5) is 20.6 Å². The van der Waals surface area contributed by atoms with Crippen LogP contribution in [0.25, 0.3) is 0 Å². The number of fused-ring (bicyclic) bond motifs is 2. The molecule has 5 rings (SSSR count). The third-order valence-electron chi connectivity index (χ3n) is 8.45. The van der Waals surface area contributed by atoms with Gasteiger partial charge in [-0.25, -0.2) is 9.18 Å². The molecule has 2 saturated heterocycles. The Labute approximate surface area is 246 Å². The number of benzene rings is 3. The van der Waals surface area contributed by atoms with Crippen molar-refractivity contribution in [1.82, 2.24) is 10.2 Å². The number of rotatable bonds is 10. The van der Waals surface area contributed by atoms with E-state index in [1.807, 2.05) is 26.0 Å². The Kier molecular flexibility index (Phi) is 8.97. The molecule has 8 nitrogen and oxygen atoms in total. The van der Waals surface area contributed by atoms with Crippen molar-refractivity contribution in [3.8, 4) is 17.2 Å². The monoisotopic (exact) mass is 574 g/mol. The summed E-state index contributed by atoms with van der Waals surface area (Å²) >= 11 is 0. The van der Waals surface area contributed by atoms with Gasteiger partial charge in [0.2, 0.25) is 0 Å². The van der Waals surface area contributed by atoms with Gasteiger partial charge >= 0.3 is 6.03 Å². The standard InChI is InChI=1S/C33H39FN4O4/c1-4-23(5-2)36-32(40)37-30-17-16-28(21-29(30)34)41-26-14-10-24(11-15-26)35-31(39)22-8-12-27(13-9-22)42-33-19-6-7-25(18-20-33)38(33)3/h8-17,21,23,25H,4-7,18-20H2,1-3H3,(H,35,39)(H2,36,37,40). The van der Waals surface area contributed by atoms with Gasteiger partial charge in [-0.2, -0.15) is 0 Å². The first-order valence-electron chi connectivity index (χ1n) is 14.8. The molecule has 2 aliphatic heterocycles. The van der Waals surface area contributed by atoms with Crippen molar-refractivity contribution in [3.05, 3.63) is 78.1 Å². The van der Waals surface area contributed by atoms with E-state index in [9.17, 15) is 14.0 Å². The van der Waals surface area contributed by atoms with Gasteiger partial charge in [0.15, 0.2) is 5.72 Å². The maximum atomic E-state index is 14.6. The molecule has 3 amide bonds. The highest BCUT2D eigenvalue weighted by atomic mass is 19.1. The number of nitrogens with one attached hydrogen (secondary N) is 3. The van der Waals surface area contributed by atoms with Crippen LogP contribution in [0.3, 0.4) is 0 Å². The van der Waals surface area contributed by atoms with Gasteiger partial charge < -0.3 is 25.4 Å². The molecule has 3 N–H and O–H groups in total. The van der Waals surface area contributed by atoms with Crippen molar-refractivity contribution in [3.63, 3.8) is 0 Å². The first-order valence-corrected chi connectivity index (χ1v) is 14.8. The molecule has 2 unspecified atom stereocenters. The smallest absolute Gasteiger partial charge is 0.319 e. The highest BCUT2D eigenvalue weighted by Gasteiger charge is 2.48. The van der Waals surface area contributed by atoms with Crippen LogP contribution in [-0.2, 0) is 0 Å². The van der Waals surface area contributed by atoms with Gasteiger partial charge in [0.1, 0.15) is 23.1 Å². The van der Waals surface area contributed by atoms with E-state index in [4.69, 9.17) is 9.47 Å². The van der Waals surface area contributed by atoms with Gasteiger partial charge in [0.05, 0.1) is 5.69 Å². The second-order valence-electron chi connectivity index (χ2n) is 11.1. The number of hydrogen-bond acceptors (Lipinski definition) is 5. The van der Waals surface area contributed by atoms with Crippen LogP contribution in [0.2, 0.25) is 0 Å². The molecule has 0 radical (unpaired) electrons. The zero-order chi connectivity index (χ0) is 29.7. The minimum atomic E-state index is -0.606. The fraction of sp³-hybridized carbons (Fsp3) is 0.394. The summed E-state index contributed by atoms with van der Waals surface area (Å²) in [7, 11) is 2.15. The van der Waals surface area contributed by atoms with Crippen LogP contribution in [-0.4, -0.2) is 41.7 Å². The van der Waals surface area contributed by atoms with Crippen LogP contribution >= 0.6 is 0 Å². The largest absolute Gasteiger partial charge is 0.473 e. The van der Waals surface area contributed by atoms with Crippen LogP contribution < -0.4 is 25.4 Å². The average Bonchev–Trinajstić information content (AvgIpc) is 3.14. The normalized spacial score (nSPS) is 19.8. The maximum absolute atomic E-state index is 14.6. The molecule has 0 spiro atoms. The summed E-state index contributed by atoms with van der Waals surface area (Å²) in [4.78, 5) is 27.4. The number of halogens is 1. The number of nitrogens with zero attached hydrogens (tertiary/aromatic N) is 1. The number of carbonyl (C=O) groups is 2. The Morgan fingerprint density at radius 1 is 0.929 bits per heavy atom. The number of carbonyl (C=O) groups excluding carboxylic acids is 2. The Hall–Kier alpha value is -4.11. The molecule has 3 aromatic carbocycles. The molecule has 42 heavy (non-hydrogen) atoms. The van der Waals surface area contributed by atoms with E-state index in [1.54, 1.807) is 42.5 Å². The summed E-state index contributed by atoms with van der Waals surface area (Å²) in [5, 5.41) is 8.24. The third kappa shape index (κ3) is 6.68. The lowest BCUT2D eigenvalue weighted by molar-refractivity contribution is -0.0823. The summed E-state index contributed by atoms with van der Waals surface area (Å²) in [6, 6.07) is 18.5. The zero-order valence-electron chi connectivity index (χ0n) is 24.4. The van der Waals surface area contributed by atoms with E-state index in [1.165, 1.54) is 31.4 Å². The predicted molar refractivity (Wildman–Crippen MR) is 162 cm³/mol. The van der Waals surface area contributed by atoms with Crippen molar-refractivity contribution < 1.29 is 23.5 Å². The number of ether oxygens (including phenoxy) is 2. The van der Waals surface area contributed by atoms with Crippen LogP contribution in [0, 0.1) is 5.82 Å². The highest BCUT2D eigenvalue weighted by molar-refractivity contribution is 6.04. The van der Waals surface area contributed by atoms with Crippen LogP contribution in [0.1, 0.15) is 69.2 Å². The zero-order valence-corrected chi connectivity index (χ0v) is 24.4. The van der Waals surface area contributed by atoms with E-state index >= 15 is 0 Å². The Bertz CT molecular complexity index is 1390. The third-order valence-corrected chi connectivity index (χ3v) is 8.45. The van der Waals surface area contributed by atoms with Gasteiger partial charge in [-0.05, 0) is 99.8 Å². The predicted octanol–water partition coefficient (Wildman–Crippen LogP) is 7.53. The molecule has 2 fully saturated rings. The molecule has 2 aliphatic rings. The summed E-state index contributed by atoms with van der Waals surface area (Å²) < 4.78 is 26.8. The lowest BCUT2D eigenvalue weighted by Crippen LogP contribution is -2.51. The fourth-order valence-electron chi connectivity index (χ4n) is 5.86. The van der Waals surface area contributed by atoms with Gasteiger partial charge in [0.25, 0.3) is 5.91 Å². The number of piperidine rings is 1. The summed E-state index contributed by atoms with van der Waals surface area (Å²) in [5.74, 6) is 0.687. The van der Waals surface area contributed by atoms with Crippen LogP contribution in [0.5, 0.6) is 17.2 Å². The van der Waals surface area contributed by atoms with Gasteiger partial charge in [-0.3, -0.25) is 9.69 Å². The van der Waals surface area contributed by atoms with Gasteiger partial charge in [0, 0.05) is 42.2 Å². The number of anilines is 2. The lowest BCUT2D eigenvalue weighted by Gasteiger charge is -2.42. The molecule has 0 saturated carbocycles. The highest BCUT2D eigenvalue weighted by Crippen LogP contribution is 2.44. The molecule has 0 aliphatic carbocycles. The van der Waals surface area contributed by atoms with E-state index in [2.05, 4.69) is 27.9 Å². The van der Waals surface area contributed by atoms with Gasteiger partial charge in [-0.1, -0.05) is 13.8 Å². The minimum absolute atomic E-state index is 0.0341. The lowest BCUT2D eigenvalue weighted by atomic mass is 10.0. The molecule has 2 atom stereocenters. The molecular formula is C33H39FN4O4. The summed E-state index contributed by atoms with van der Waals surface area (Å²) in [5.41, 5.74) is 0.960. The second kappa shape index (κ2) is 12.8. The van der Waals surface area contributed by atoms with Crippen molar-refractivity contribution in [2.45, 2.75) is 76.6 Å².